The minimum Gasteiger partial charge on any atom is -0.487 e. The van der Waals surface area contributed by atoms with Crippen LogP contribution in [-0.2, 0) is 6.61 Å². The first-order valence-corrected chi connectivity index (χ1v) is 8.51. The molecule has 2 heterocycles. The zero-order valence-electron chi connectivity index (χ0n) is 12.7. The highest BCUT2D eigenvalue weighted by Gasteiger charge is 2.06. The summed E-state index contributed by atoms with van der Waals surface area (Å²) in [4.78, 5) is 17.0. The van der Waals surface area contributed by atoms with Crippen LogP contribution < -0.4 is 4.74 Å². The van der Waals surface area contributed by atoms with Gasteiger partial charge in [-0.25, -0.2) is 0 Å². The van der Waals surface area contributed by atoms with Crippen LogP contribution in [0.25, 0.3) is 6.08 Å². The Labute approximate surface area is 149 Å². The second-order valence-electron chi connectivity index (χ2n) is 4.95. The lowest BCUT2D eigenvalue weighted by molar-refractivity contribution is 0.105. The van der Waals surface area contributed by atoms with E-state index >= 15 is 0 Å². The van der Waals surface area contributed by atoms with Gasteiger partial charge in [0.1, 0.15) is 12.4 Å². The number of pyridine rings is 1. The number of halogens is 1. The number of hydrogen-bond donors (Lipinski definition) is 0. The first-order valence-electron chi connectivity index (χ1n) is 7.32. The van der Waals surface area contributed by atoms with Gasteiger partial charge in [-0.1, -0.05) is 35.9 Å². The number of para-hydroxylation sites is 1. The number of rotatable bonds is 6. The first-order chi connectivity index (χ1) is 11.7. The van der Waals surface area contributed by atoms with E-state index in [4.69, 9.17) is 16.3 Å². The Morgan fingerprint density at radius 2 is 1.96 bits per heavy atom. The van der Waals surface area contributed by atoms with Crippen LogP contribution >= 0.6 is 22.9 Å². The Balaban J connectivity index is 1.72. The number of hydrogen-bond acceptors (Lipinski definition) is 4. The number of carbonyl (C=O) groups excluding carboxylic acids is 1. The fourth-order valence-corrected chi connectivity index (χ4v) is 3.04. The summed E-state index contributed by atoms with van der Waals surface area (Å²) >= 11 is 7.13. The predicted molar refractivity (Wildman–Crippen MR) is 97.7 cm³/mol. The van der Waals surface area contributed by atoms with Crippen molar-refractivity contribution in [3.05, 3.63) is 87.3 Å². The Kier molecular flexibility index (Phi) is 5.41. The summed E-state index contributed by atoms with van der Waals surface area (Å²) in [7, 11) is 0. The highest BCUT2D eigenvalue weighted by atomic mass is 35.5. The van der Waals surface area contributed by atoms with E-state index in [-0.39, 0.29) is 5.78 Å². The average molecular weight is 356 g/mol. The number of ketones is 1. The lowest BCUT2D eigenvalue weighted by atomic mass is 10.1. The number of nitrogens with zero attached hydrogens (tertiary/aromatic N) is 1. The molecule has 3 aromatic rings. The molecule has 24 heavy (non-hydrogen) atoms. The third kappa shape index (κ3) is 4.31. The topological polar surface area (TPSA) is 39.2 Å². The SMILES string of the molecule is O=C(/C=C/c1ccccc1OCc1ccccn1)c1ccc(Cl)s1. The summed E-state index contributed by atoms with van der Waals surface area (Å²) in [5, 5.41) is 0. The van der Waals surface area contributed by atoms with Crippen LogP contribution in [0.15, 0.2) is 66.9 Å². The number of carbonyl (C=O) groups is 1. The van der Waals surface area contributed by atoms with Gasteiger partial charge in [0.25, 0.3) is 0 Å². The minimum atomic E-state index is -0.0774. The van der Waals surface area contributed by atoms with Crippen molar-refractivity contribution >= 4 is 34.8 Å². The maximum absolute atomic E-state index is 12.1. The summed E-state index contributed by atoms with van der Waals surface area (Å²) in [5.41, 5.74) is 1.69. The molecule has 0 unspecified atom stereocenters. The normalized spacial score (nSPS) is 10.9. The van der Waals surface area contributed by atoms with Crippen molar-refractivity contribution in [3.63, 3.8) is 0 Å². The molecule has 0 saturated heterocycles. The van der Waals surface area contributed by atoms with E-state index < -0.39 is 0 Å². The molecular formula is C19H14ClNO2S. The molecule has 0 radical (unpaired) electrons. The Hall–Kier alpha value is -2.43. The molecule has 2 aromatic heterocycles. The first kappa shape index (κ1) is 16.4. The van der Waals surface area contributed by atoms with Crippen molar-refractivity contribution < 1.29 is 9.53 Å². The lowest BCUT2D eigenvalue weighted by Gasteiger charge is -2.08. The molecule has 0 saturated carbocycles. The van der Waals surface area contributed by atoms with Crippen LogP contribution in [0.1, 0.15) is 20.9 Å². The molecule has 0 aliphatic carbocycles. The molecule has 0 bridgehead atoms. The van der Waals surface area contributed by atoms with Gasteiger partial charge in [0, 0.05) is 11.8 Å². The zero-order valence-corrected chi connectivity index (χ0v) is 14.3. The maximum Gasteiger partial charge on any atom is 0.195 e. The monoisotopic (exact) mass is 355 g/mol. The summed E-state index contributed by atoms with van der Waals surface area (Å²) in [5.74, 6) is 0.628. The summed E-state index contributed by atoms with van der Waals surface area (Å²) < 4.78 is 6.42. The largest absolute Gasteiger partial charge is 0.487 e. The number of ether oxygens (including phenoxy) is 1. The molecule has 0 aliphatic rings. The fraction of sp³-hybridized carbons (Fsp3) is 0.0526. The maximum atomic E-state index is 12.1. The van der Waals surface area contributed by atoms with Crippen molar-refractivity contribution in [3.8, 4) is 5.75 Å². The molecule has 3 nitrogen and oxygen atoms in total. The van der Waals surface area contributed by atoms with Crippen LogP contribution in [0.5, 0.6) is 5.75 Å². The lowest BCUT2D eigenvalue weighted by Crippen LogP contribution is -1.99. The van der Waals surface area contributed by atoms with Crippen molar-refractivity contribution in [1.29, 1.82) is 0 Å². The molecule has 0 aliphatic heterocycles. The molecule has 3 rings (SSSR count). The van der Waals surface area contributed by atoms with Crippen LogP contribution in [-0.4, -0.2) is 10.8 Å². The number of aromatic nitrogens is 1. The fourth-order valence-electron chi connectivity index (χ4n) is 2.08. The quantitative estimate of drug-likeness (QED) is 0.446. The minimum absolute atomic E-state index is 0.0774. The number of thiophene rings is 1. The molecule has 0 amide bonds. The van der Waals surface area contributed by atoms with Crippen LogP contribution in [0.4, 0.5) is 0 Å². The molecule has 0 fully saturated rings. The standard InChI is InChI=1S/C19H14ClNO2S/c20-19-11-10-18(24-19)16(22)9-8-14-5-1-2-7-17(14)23-13-15-6-3-4-12-21-15/h1-12H,13H2/b9-8+. The molecule has 0 N–H and O–H groups in total. The number of allylic oxidation sites excluding steroid dienone is 1. The Bertz CT molecular complexity index is 859. The Morgan fingerprint density at radius 3 is 2.71 bits per heavy atom. The predicted octanol–water partition coefficient (Wildman–Crippen LogP) is 5.27. The highest BCUT2D eigenvalue weighted by molar-refractivity contribution is 7.18. The molecule has 120 valence electrons. The van der Waals surface area contributed by atoms with E-state index in [1.807, 2.05) is 42.5 Å². The van der Waals surface area contributed by atoms with Gasteiger partial charge in [0.2, 0.25) is 0 Å². The van der Waals surface area contributed by atoms with E-state index in [0.717, 1.165) is 11.3 Å². The van der Waals surface area contributed by atoms with Crippen LogP contribution in [0, 0.1) is 0 Å². The van der Waals surface area contributed by atoms with Gasteiger partial charge in [-0.3, -0.25) is 9.78 Å². The molecule has 1 aromatic carbocycles. The van der Waals surface area contributed by atoms with Gasteiger partial charge >= 0.3 is 0 Å². The average Bonchev–Trinajstić information content (AvgIpc) is 3.06. The van der Waals surface area contributed by atoms with Gasteiger partial charge in [-0.05, 0) is 42.5 Å². The Morgan fingerprint density at radius 1 is 1.12 bits per heavy atom. The van der Waals surface area contributed by atoms with E-state index in [2.05, 4.69) is 4.98 Å². The second-order valence-corrected chi connectivity index (χ2v) is 6.66. The van der Waals surface area contributed by atoms with Crippen molar-refractivity contribution in [2.24, 2.45) is 0 Å². The summed E-state index contributed by atoms with van der Waals surface area (Å²) in [6.45, 7) is 0.375. The van der Waals surface area contributed by atoms with Crippen molar-refractivity contribution in [2.45, 2.75) is 6.61 Å². The van der Waals surface area contributed by atoms with Crippen LogP contribution in [0.3, 0.4) is 0 Å². The van der Waals surface area contributed by atoms with E-state index in [1.165, 1.54) is 17.4 Å². The van der Waals surface area contributed by atoms with Gasteiger partial charge < -0.3 is 4.74 Å². The third-order valence-corrected chi connectivity index (χ3v) is 4.50. The zero-order chi connectivity index (χ0) is 16.8. The molecule has 0 spiro atoms. The molecule has 0 atom stereocenters. The highest BCUT2D eigenvalue weighted by Crippen LogP contribution is 2.24. The molecule has 5 heteroatoms. The van der Waals surface area contributed by atoms with Gasteiger partial charge in [0.05, 0.1) is 14.9 Å². The third-order valence-electron chi connectivity index (χ3n) is 3.25. The van der Waals surface area contributed by atoms with E-state index in [9.17, 15) is 4.79 Å². The summed E-state index contributed by atoms with van der Waals surface area (Å²) in [6, 6.07) is 16.7. The van der Waals surface area contributed by atoms with Gasteiger partial charge in [0.15, 0.2) is 5.78 Å². The van der Waals surface area contributed by atoms with Crippen molar-refractivity contribution in [1.82, 2.24) is 4.98 Å². The van der Waals surface area contributed by atoms with Gasteiger partial charge in [-0.15, -0.1) is 11.3 Å². The van der Waals surface area contributed by atoms with Gasteiger partial charge in [-0.2, -0.15) is 0 Å². The van der Waals surface area contributed by atoms with E-state index in [0.29, 0.717) is 21.6 Å². The number of benzene rings is 1. The van der Waals surface area contributed by atoms with Crippen molar-refractivity contribution in [2.75, 3.05) is 0 Å². The van der Waals surface area contributed by atoms with Crippen LogP contribution in [0.2, 0.25) is 4.34 Å². The second kappa shape index (κ2) is 7.90. The molecular weight excluding hydrogens is 342 g/mol. The van der Waals surface area contributed by atoms with E-state index in [1.54, 1.807) is 24.4 Å². The summed E-state index contributed by atoms with van der Waals surface area (Å²) in [6.07, 6.45) is 5.02. The smallest absolute Gasteiger partial charge is 0.195 e.